The van der Waals surface area contributed by atoms with Crippen LogP contribution >= 0.6 is 0 Å². The molecule has 7 nitrogen and oxygen atoms in total. The van der Waals surface area contributed by atoms with E-state index in [-0.39, 0.29) is 53.5 Å². The van der Waals surface area contributed by atoms with Crippen molar-refractivity contribution in [2.45, 2.75) is 25.3 Å². The molecule has 3 aliphatic carbocycles. The lowest BCUT2D eigenvalue weighted by atomic mass is 9.63. The maximum absolute atomic E-state index is 13.4. The van der Waals surface area contributed by atoms with Crippen LogP contribution in [0.3, 0.4) is 0 Å². The van der Waals surface area contributed by atoms with E-state index in [1.54, 1.807) is 6.07 Å². The molecule has 1 aromatic carbocycles. The fraction of sp³-hybridized carbons (Fsp3) is 0.333. The molecule has 7 heteroatoms. The highest BCUT2D eigenvalue weighted by molar-refractivity contribution is 6.10. The molecule has 1 aliphatic heterocycles. The third-order valence-corrected chi connectivity index (χ3v) is 6.71. The number of nitrogens with zero attached hydrogens (tertiary/aromatic N) is 2. The van der Waals surface area contributed by atoms with Gasteiger partial charge in [0.1, 0.15) is 6.04 Å². The number of hydrogen-bond donors (Lipinski definition) is 2. The van der Waals surface area contributed by atoms with E-state index in [1.165, 1.54) is 17.2 Å². The van der Waals surface area contributed by atoms with E-state index in [4.69, 9.17) is 0 Å². The van der Waals surface area contributed by atoms with E-state index in [2.05, 4.69) is 22.5 Å². The van der Waals surface area contributed by atoms with E-state index in [9.17, 15) is 19.5 Å². The van der Waals surface area contributed by atoms with Gasteiger partial charge in [-0.15, -0.1) is 0 Å². The Kier molecular flexibility index (Phi) is 4.81. The topological polar surface area (TPSA) is 99.6 Å². The lowest BCUT2D eigenvalue weighted by molar-refractivity contribution is -0.146. The van der Waals surface area contributed by atoms with E-state index in [0.29, 0.717) is 0 Å². The fourth-order valence-corrected chi connectivity index (χ4v) is 5.24. The van der Waals surface area contributed by atoms with Gasteiger partial charge in [0.25, 0.3) is 0 Å². The van der Waals surface area contributed by atoms with Gasteiger partial charge < -0.3 is 10.4 Å². The number of amides is 3. The number of anilines is 1. The normalized spacial score (nSPS) is 27.3. The second kappa shape index (κ2) is 7.65. The van der Waals surface area contributed by atoms with Crippen LogP contribution in [0, 0.1) is 23.7 Å². The molecule has 3 amide bonds. The van der Waals surface area contributed by atoms with E-state index < -0.39 is 11.9 Å². The molecule has 1 saturated heterocycles. The zero-order valence-electron chi connectivity index (χ0n) is 16.8. The summed E-state index contributed by atoms with van der Waals surface area (Å²) >= 11 is 0. The molecular weight excluding hydrogens is 394 g/mol. The number of nitrogens with one attached hydrogen (secondary N) is 1. The van der Waals surface area contributed by atoms with Gasteiger partial charge in [-0.3, -0.25) is 19.3 Å². The number of rotatable bonds is 5. The molecule has 158 valence electrons. The van der Waals surface area contributed by atoms with Crippen LogP contribution in [-0.4, -0.2) is 38.8 Å². The molecule has 4 aliphatic rings. The molecule has 31 heavy (non-hydrogen) atoms. The van der Waals surface area contributed by atoms with Crippen LogP contribution in [0.5, 0.6) is 5.75 Å². The number of imide groups is 1. The smallest absolute Gasteiger partial charge is 0.249 e. The van der Waals surface area contributed by atoms with Gasteiger partial charge >= 0.3 is 0 Å². The van der Waals surface area contributed by atoms with Gasteiger partial charge in [-0.05, 0) is 42.4 Å². The molecule has 0 spiro atoms. The van der Waals surface area contributed by atoms with Crippen molar-refractivity contribution in [1.29, 1.82) is 0 Å². The highest BCUT2D eigenvalue weighted by Crippen LogP contribution is 2.50. The van der Waals surface area contributed by atoms with E-state index >= 15 is 0 Å². The fourth-order valence-electron chi connectivity index (χ4n) is 5.24. The molecule has 2 aromatic rings. The summed E-state index contributed by atoms with van der Waals surface area (Å²) in [6.45, 7) is 0. The molecule has 2 bridgehead atoms. The molecule has 2 heterocycles. The molecular formula is C24H23N3O4. The average molecular weight is 417 g/mol. The first kappa shape index (κ1) is 19.5. The highest BCUT2D eigenvalue weighted by Gasteiger charge is 2.58. The third kappa shape index (κ3) is 3.30. The van der Waals surface area contributed by atoms with Crippen LogP contribution in [-0.2, 0) is 20.8 Å². The Hall–Kier alpha value is -3.48. The predicted molar refractivity (Wildman–Crippen MR) is 113 cm³/mol. The first-order valence-electron chi connectivity index (χ1n) is 10.6. The largest absolute Gasteiger partial charge is 0.504 e. The summed E-state index contributed by atoms with van der Waals surface area (Å²) in [4.78, 5) is 45.3. The summed E-state index contributed by atoms with van der Waals surface area (Å²) in [5.74, 6) is -1.91. The van der Waals surface area contributed by atoms with Crippen molar-refractivity contribution >= 4 is 23.5 Å². The first-order chi connectivity index (χ1) is 15.0. The molecule has 5 atom stereocenters. The minimum atomic E-state index is -1.02. The van der Waals surface area contributed by atoms with Crippen molar-refractivity contribution < 1.29 is 19.5 Å². The quantitative estimate of drug-likeness (QED) is 0.575. The van der Waals surface area contributed by atoms with Crippen LogP contribution in [0.15, 0.2) is 60.8 Å². The average Bonchev–Trinajstić information content (AvgIpc) is 3.07. The van der Waals surface area contributed by atoms with Crippen LogP contribution < -0.4 is 5.32 Å². The Morgan fingerprint density at radius 2 is 1.68 bits per heavy atom. The van der Waals surface area contributed by atoms with Crippen LogP contribution in [0.25, 0.3) is 0 Å². The van der Waals surface area contributed by atoms with Crippen molar-refractivity contribution in [3.05, 3.63) is 66.4 Å². The first-order valence-corrected chi connectivity index (χ1v) is 10.6. The number of benzene rings is 1. The number of carbonyl (C=O) groups excluding carboxylic acids is 3. The molecule has 1 aromatic heterocycles. The van der Waals surface area contributed by atoms with Gasteiger partial charge in [0.2, 0.25) is 17.7 Å². The van der Waals surface area contributed by atoms with Crippen LogP contribution in [0.1, 0.15) is 18.4 Å². The predicted octanol–water partition coefficient (Wildman–Crippen LogP) is 2.53. The molecule has 1 saturated carbocycles. The third-order valence-electron chi connectivity index (χ3n) is 6.71. The number of carbonyl (C=O) groups is 3. The molecule has 0 unspecified atom stereocenters. The van der Waals surface area contributed by atoms with Crippen molar-refractivity contribution in [2.24, 2.45) is 23.7 Å². The summed E-state index contributed by atoms with van der Waals surface area (Å²) in [5.41, 5.74) is 0.837. The SMILES string of the molecule is O=C(Nc1ncccc1O)[C@H](Cc1ccccc1)N1C(=O)[C@H]2[C@H](C1=O)[C@H]1C=C[C@H]2CC1. The molecule has 2 N–H and O–H groups in total. The van der Waals surface area contributed by atoms with Gasteiger partial charge in [-0.2, -0.15) is 0 Å². The molecule has 2 fully saturated rings. The van der Waals surface area contributed by atoms with Gasteiger partial charge in [0.05, 0.1) is 11.8 Å². The van der Waals surface area contributed by atoms with Crippen LogP contribution in [0.2, 0.25) is 0 Å². The maximum atomic E-state index is 13.4. The minimum Gasteiger partial charge on any atom is -0.504 e. The number of fused-ring (bicyclic) bond motifs is 1. The van der Waals surface area contributed by atoms with Crippen molar-refractivity contribution in [1.82, 2.24) is 9.88 Å². The monoisotopic (exact) mass is 417 g/mol. The second-order valence-electron chi connectivity index (χ2n) is 8.45. The summed E-state index contributed by atoms with van der Waals surface area (Å²) in [6.07, 6.45) is 7.55. The van der Waals surface area contributed by atoms with Crippen LogP contribution in [0.4, 0.5) is 5.82 Å². The minimum absolute atomic E-state index is 0.00353. The summed E-state index contributed by atoms with van der Waals surface area (Å²) in [5, 5.41) is 12.6. The summed E-state index contributed by atoms with van der Waals surface area (Å²) in [7, 11) is 0. The molecule has 6 rings (SSSR count). The van der Waals surface area contributed by atoms with Gasteiger partial charge in [-0.25, -0.2) is 4.98 Å². The number of likely N-dealkylation sites (tertiary alicyclic amines) is 1. The molecule has 0 radical (unpaired) electrons. The van der Waals surface area contributed by atoms with E-state index in [1.807, 2.05) is 30.3 Å². The summed E-state index contributed by atoms with van der Waals surface area (Å²) in [6, 6.07) is 11.2. The van der Waals surface area contributed by atoms with E-state index in [0.717, 1.165) is 18.4 Å². The van der Waals surface area contributed by atoms with Crippen molar-refractivity contribution in [3.8, 4) is 5.75 Å². The standard InChI is InChI=1S/C24H23N3O4/c28-18-7-4-12-25-21(18)26-22(29)17(13-14-5-2-1-3-6-14)27-23(30)19-15-8-9-16(11-10-15)20(19)24(27)31/h1-9,12,15-17,19-20,28H,10-11,13H2,(H,25,26,29)/t15-,16-,17-,19+,20+/m0/s1. The zero-order chi connectivity index (χ0) is 21.5. The zero-order valence-corrected chi connectivity index (χ0v) is 16.8. The Labute approximate surface area is 179 Å². The number of pyridine rings is 1. The number of aromatic nitrogens is 1. The Morgan fingerprint density at radius 3 is 2.26 bits per heavy atom. The lowest BCUT2D eigenvalue weighted by Gasteiger charge is -2.38. The van der Waals surface area contributed by atoms with Gasteiger partial charge in [-0.1, -0.05) is 42.5 Å². The van der Waals surface area contributed by atoms with Gasteiger partial charge in [0, 0.05) is 12.6 Å². The highest BCUT2D eigenvalue weighted by atomic mass is 16.3. The number of aromatic hydroxyl groups is 1. The van der Waals surface area contributed by atoms with Crippen molar-refractivity contribution in [2.75, 3.05) is 5.32 Å². The second-order valence-corrected chi connectivity index (χ2v) is 8.45. The Balaban J connectivity index is 1.48. The van der Waals surface area contributed by atoms with Gasteiger partial charge in [0.15, 0.2) is 11.6 Å². The Morgan fingerprint density at radius 1 is 1.03 bits per heavy atom. The maximum Gasteiger partial charge on any atom is 0.249 e. The number of allylic oxidation sites excluding steroid dienone is 2. The number of hydrogen-bond acceptors (Lipinski definition) is 5. The van der Waals surface area contributed by atoms with Crippen molar-refractivity contribution in [3.63, 3.8) is 0 Å². The lowest BCUT2D eigenvalue weighted by Crippen LogP contribution is -2.49. The Bertz CT molecular complexity index is 1040. The summed E-state index contributed by atoms with van der Waals surface area (Å²) < 4.78 is 0.